The number of hydrogen-bond donors (Lipinski definition) is 0. The number of nitriles is 1. The zero-order valence-corrected chi connectivity index (χ0v) is 13.6. The SMILES string of the molecule is N#Cc1cccnc1-c1ccc(OCCCN2CCOCC2)cc1. The number of rotatable bonds is 6. The van der Waals surface area contributed by atoms with Gasteiger partial charge in [0, 0.05) is 31.4 Å². The fraction of sp³-hybridized carbons (Fsp3) is 0.368. The smallest absolute Gasteiger partial charge is 0.119 e. The first-order valence-corrected chi connectivity index (χ1v) is 8.25. The summed E-state index contributed by atoms with van der Waals surface area (Å²) in [5, 5.41) is 9.16. The standard InChI is InChI=1S/C19H21N3O2/c20-15-17-3-1-8-21-19(17)16-4-6-18(7-5-16)24-12-2-9-22-10-13-23-14-11-22/h1,3-8H,2,9-14H2. The predicted octanol–water partition coefficient (Wildman–Crippen LogP) is 2.72. The molecule has 5 nitrogen and oxygen atoms in total. The molecule has 3 rings (SSSR count). The molecule has 0 saturated carbocycles. The first-order valence-electron chi connectivity index (χ1n) is 8.25. The minimum atomic E-state index is 0.580. The van der Waals surface area contributed by atoms with Crippen LogP contribution in [0.2, 0.25) is 0 Å². The maximum Gasteiger partial charge on any atom is 0.119 e. The average Bonchev–Trinajstić information content (AvgIpc) is 2.66. The second kappa shape index (κ2) is 8.44. The van der Waals surface area contributed by atoms with Crippen LogP contribution < -0.4 is 4.74 Å². The number of aromatic nitrogens is 1. The molecule has 0 radical (unpaired) electrons. The summed E-state index contributed by atoms with van der Waals surface area (Å²) in [4.78, 5) is 6.70. The van der Waals surface area contributed by atoms with Crippen molar-refractivity contribution in [2.75, 3.05) is 39.5 Å². The Bertz CT molecular complexity index is 689. The fourth-order valence-corrected chi connectivity index (χ4v) is 2.74. The van der Waals surface area contributed by atoms with Crippen LogP contribution in [0.3, 0.4) is 0 Å². The Hall–Kier alpha value is -2.42. The van der Waals surface area contributed by atoms with E-state index in [0.29, 0.717) is 17.9 Å². The molecule has 1 aromatic heterocycles. The van der Waals surface area contributed by atoms with Crippen LogP contribution in [0.1, 0.15) is 12.0 Å². The Balaban J connectivity index is 1.50. The zero-order chi connectivity index (χ0) is 16.6. The van der Waals surface area contributed by atoms with Gasteiger partial charge in [0.25, 0.3) is 0 Å². The predicted molar refractivity (Wildman–Crippen MR) is 91.8 cm³/mol. The van der Waals surface area contributed by atoms with Crippen molar-refractivity contribution in [1.82, 2.24) is 9.88 Å². The third-order valence-corrected chi connectivity index (χ3v) is 4.05. The van der Waals surface area contributed by atoms with E-state index in [0.717, 1.165) is 50.6 Å². The van der Waals surface area contributed by atoms with Crippen molar-refractivity contribution in [1.29, 1.82) is 5.26 Å². The van der Waals surface area contributed by atoms with Crippen LogP contribution in [0, 0.1) is 11.3 Å². The van der Waals surface area contributed by atoms with Crippen molar-refractivity contribution in [3.05, 3.63) is 48.2 Å². The molecule has 0 aliphatic carbocycles. The molecule has 0 spiro atoms. The van der Waals surface area contributed by atoms with Gasteiger partial charge in [0.05, 0.1) is 31.1 Å². The highest BCUT2D eigenvalue weighted by Gasteiger charge is 2.09. The van der Waals surface area contributed by atoms with E-state index in [9.17, 15) is 0 Å². The number of pyridine rings is 1. The van der Waals surface area contributed by atoms with E-state index in [2.05, 4.69) is 16.0 Å². The molecule has 1 saturated heterocycles. The van der Waals surface area contributed by atoms with Crippen LogP contribution in [0.25, 0.3) is 11.3 Å². The average molecular weight is 323 g/mol. The highest BCUT2D eigenvalue weighted by Crippen LogP contribution is 2.23. The normalized spacial score (nSPS) is 15.0. The van der Waals surface area contributed by atoms with Crippen LogP contribution in [0.15, 0.2) is 42.6 Å². The van der Waals surface area contributed by atoms with E-state index in [-0.39, 0.29) is 0 Å². The molecule has 0 unspecified atom stereocenters. The zero-order valence-electron chi connectivity index (χ0n) is 13.6. The summed E-state index contributed by atoms with van der Waals surface area (Å²) in [6.07, 6.45) is 2.70. The van der Waals surface area contributed by atoms with Gasteiger partial charge in [-0.25, -0.2) is 0 Å². The molecule has 2 heterocycles. The van der Waals surface area contributed by atoms with Crippen molar-refractivity contribution in [3.63, 3.8) is 0 Å². The Labute approximate surface area is 142 Å². The number of nitrogens with zero attached hydrogens (tertiary/aromatic N) is 3. The summed E-state index contributed by atoms with van der Waals surface area (Å²) in [7, 11) is 0. The first kappa shape index (κ1) is 16.4. The van der Waals surface area contributed by atoms with Crippen LogP contribution in [0.4, 0.5) is 0 Å². The summed E-state index contributed by atoms with van der Waals surface area (Å²) >= 11 is 0. The Morgan fingerprint density at radius 2 is 1.96 bits per heavy atom. The van der Waals surface area contributed by atoms with E-state index in [1.165, 1.54) is 0 Å². The van der Waals surface area contributed by atoms with Gasteiger partial charge in [-0.1, -0.05) is 0 Å². The third kappa shape index (κ3) is 4.31. The summed E-state index contributed by atoms with van der Waals surface area (Å²) in [6, 6.07) is 13.5. The molecule has 1 fully saturated rings. The highest BCUT2D eigenvalue weighted by molar-refractivity contribution is 5.66. The molecule has 1 aliphatic rings. The molecular formula is C19H21N3O2. The van der Waals surface area contributed by atoms with Gasteiger partial charge in [-0.2, -0.15) is 5.26 Å². The first-order chi connectivity index (χ1) is 11.9. The van der Waals surface area contributed by atoms with E-state index in [4.69, 9.17) is 14.7 Å². The maximum atomic E-state index is 9.16. The largest absolute Gasteiger partial charge is 0.494 e. The van der Waals surface area contributed by atoms with E-state index >= 15 is 0 Å². The van der Waals surface area contributed by atoms with Crippen molar-refractivity contribution in [2.24, 2.45) is 0 Å². The van der Waals surface area contributed by atoms with Gasteiger partial charge >= 0.3 is 0 Å². The van der Waals surface area contributed by atoms with E-state index in [1.54, 1.807) is 18.3 Å². The van der Waals surface area contributed by atoms with Crippen molar-refractivity contribution >= 4 is 0 Å². The van der Waals surface area contributed by atoms with Gasteiger partial charge in [0.2, 0.25) is 0 Å². The molecule has 0 amide bonds. The highest BCUT2D eigenvalue weighted by atomic mass is 16.5. The molecule has 1 aliphatic heterocycles. The van der Waals surface area contributed by atoms with Crippen molar-refractivity contribution in [2.45, 2.75) is 6.42 Å². The number of benzene rings is 1. The topological polar surface area (TPSA) is 58.4 Å². The lowest BCUT2D eigenvalue weighted by atomic mass is 10.1. The van der Waals surface area contributed by atoms with Crippen LogP contribution in [-0.2, 0) is 4.74 Å². The van der Waals surface area contributed by atoms with Gasteiger partial charge in [0.1, 0.15) is 11.8 Å². The number of morpholine rings is 1. The number of hydrogen-bond acceptors (Lipinski definition) is 5. The van der Waals surface area contributed by atoms with Gasteiger partial charge in [-0.3, -0.25) is 9.88 Å². The van der Waals surface area contributed by atoms with Crippen LogP contribution in [-0.4, -0.2) is 49.3 Å². The summed E-state index contributed by atoms with van der Waals surface area (Å²) in [5.41, 5.74) is 2.21. The molecule has 0 bridgehead atoms. The minimum Gasteiger partial charge on any atom is -0.494 e. The van der Waals surface area contributed by atoms with Crippen LogP contribution in [0.5, 0.6) is 5.75 Å². The van der Waals surface area contributed by atoms with Crippen molar-refractivity contribution in [3.8, 4) is 23.1 Å². The third-order valence-electron chi connectivity index (χ3n) is 4.05. The molecular weight excluding hydrogens is 302 g/mol. The second-order valence-electron chi connectivity index (χ2n) is 5.69. The van der Waals surface area contributed by atoms with Gasteiger partial charge in [-0.05, 0) is 42.8 Å². The fourth-order valence-electron chi connectivity index (χ4n) is 2.74. The summed E-state index contributed by atoms with van der Waals surface area (Å²) < 4.78 is 11.1. The molecule has 5 heteroatoms. The summed E-state index contributed by atoms with van der Waals surface area (Å²) in [6.45, 7) is 5.44. The molecule has 24 heavy (non-hydrogen) atoms. The lowest BCUT2D eigenvalue weighted by molar-refractivity contribution is 0.0358. The quantitative estimate of drug-likeness (QED) is 0.765. The lowest BCUT2D eigenvalue weighted by Gasteiger charge is -2.26. The molecule has 0 atom stereocenters. The van der Waals surface area contributed by atoms with Crippen LogP contribution >= 0.6 is 0 Å². The van der Waals surface area contributed by atoms with Crippen molar-refractivity contribution < 1.29 is 9.47 Å². The Kier molecular flexibility index (Phi) is 5.78. The Morgan fingerprint density at radius 1 is 1.17 bits per heavy atom. The Morgan fingerprint density at radius 3 is 2.71 bits per heavy atom. The molecule has 1 aromatic carbocycles. The number of ether oxygens (including phenoxy) is 2. The molecule has 124 valence electrons. The molecule has 0 N–H and O–H groups in total. The van der Waals surface area contributed by atoms with Gasteiger partial charge < -0.3 is 9.47 Å². The van der Waals surface area contributed by atoms with E-state index < -0.39 is 0 Å². The molecule has 2 aromatic rings. The van der Waals surface area contributed by atoms with Gasteiger partial charge in [0.15, 0.2) is 0 Å². The second-order valence-corrected chi connectivity index (χ2v) is 5.69. The van der Waals surface area contributed by atoms with Gasteiger partial charge in [-0.15, -0.1) is 0 Å². The monoisotopic (exact) mass is 323 g/mol. The maximum absolute atomic E-state index is 9.16. The summed E-state index contributed by atoms with van der Waals surface area (Å²) in [5.74, 6) is 0.843. The lowest BCUT2D eigenvalue weighted by Crippen LogP contribution is -2.37. The van der Waals surface area contributed by atoms with E-state index in [1.807, 2.05) is 24.3 Å². The minimum absolute atomic E-state index is 0.580.